The molecule has 2 aromatic rings. The van der Waals surface area contributed by atoms with Crippen LogP contribution in [0.3, 0.4) is 0 Å². The molecule has 5 heteroatoms. The highest BCUT2D eigenvalue weighted by molar-refractivity contribution is 9.10. The van der Waals surface area contributed by atoms with E-state index in [0.29, 0.717) is 4.64 Å². The Balaban J connectivity index is 2.17. The van der Waals surface area contributed by atoms with Gasteiger partial charge in [-0.15, -0.1) is 11.8 Å². The fourth-order valence-electron chi connectivity index (χ4n) is 1.56. The smallest absolute Gasteiger partial charge is 0.144 e. The summed E-state index contributed by atoms with van der Waals surface area (Å²) in [5.74, 6) is 1.71. The number of halogens is 1. The molecule has 0 saturated carbocycles. The number of aromatic amines is 1. The summed E-state index contributed by atoms with van der Waals surface area (Å²) < 4.78 is 1.49. The molecule has 2 nitrogen and oxygen atoms in total. The van der Waals surface area contributed by atoms with Gasteiger partial charge in [0, 0.05) is 10.6 Å². The van der Waals surface area contributed by atoms with E-state index in [4.69, 9.17) is 12.2 Å². The number of thioether (sulfide) groups is 1. The van der Waals surface area contributed by atoms with Gasteiger partial charge in [-0.05, 0) is 41.4 Å². The molecule has 0 saturated heterocycles. The summed E-state index contributed by atoms with van der Waals surface area (Å²) in [5.41, 5.74) is 2.31. The lowest BCUT2D eigenvalue weighted by Gasteiger charge is -2.06. The second-order valence-electron chi connectivity index (χ2n) is 3.98. The van der Waals surface area contributed by atoms with Crippen LogP contribution in [0, 0.1) is 18.5 Å². The van der Waals surface area contributed by atoms with E-state index in [1.54, 1.807) is 11.8 Å². The molecular formula is C13H13BrN2S2. The van der Waals surface area contributed by atoms with E-state index in [-0.39, 0.29) is 0 Å². The Morgan fingerprint density at radius 1 is 1.33 bits per heavy atom. The Kier molecular flexibility index (Phi) is 4.59. The summed E-state index contributed by atoms with van der Waals surface area (Å²) in [6, 6.07) is 8.35. The molecule has 0 unspecified atom stereocenters. The first-order chi connectivity index (χ1) is 8.58. The third-order valence-electron chi connectivity index (χ3n) is 2.54. The summed E-state index contributed by atoms with van der Waals surface area (Å²) >= 11 is 10.4. The zero-order valence-corrected chi connectivity index (χ0v) is 13.4. The molecule has 1 heterocycles. The lowest BCUT2D eigenvalue weighted by molar-refractivity contribution is 0.973. The quantitative estimate of drug-likeness (QED) is 0.641. The van der Waals surface area contributed by atoms with Crippen LogP contribution in [-0.2, 0) is 5.75 Å². The normalized spacial score (nSPS) is 10.6. The molecule has 0 aliphatic heterocycles. The predicted molar refractivity (Wildman–Crippen MR) is 82.6 cm³/mol. The van der Waals surface area contributed by atoms with Crippen LogP contribution in [0.15, 0.2) is 33.6 Å². The number of aromatic nitrogens is 2. The lowest BCUT2D eigenvalue weighted by Crippen LogP contribution is -1.97. The van der Waals surface area contributed by atoms with Crippen LogP contribution in [0.1, 0.15) is 17.1 Å². The lowest BCUT2D eigenvalue weighted by atomic mass is 10.2. The Morgan fingerprint density at radius 3 is 2.72 bits per heavy atom. The van der Waals surface area contributed by atoms with Gasteiger partial charge in [-0.3, -0.25) is 0 Å². The van der Waals surface area contributed by atoms with Crippen LogP contribution in [-0.4, -0.2) is 9.97 Å². The van der Waals surface area contributed by atoms with Gasteiger partial charge < -0.3 is 4.98 Å². The van der Waals surface area contributed by atoms with Crippen molar-refractivity contribution in [1.29, 1.82) is 0 Å². The zero-order chi connectivity index (χ0) is 13.1. The SMILES string of the molecule is Cc1ccccc1SCc1nc(=S)c(Br)c(C)[nH]1. The minimum absolute atomic E-state index is 0.617. The number of nitrogens with zero attached hydrogens (tertiary/aromatic N) is 1. The second kappa shape index (κ2) is 5.99. The number of H-pyrrole nitrogens is 1. The highest BCUT2D eigenvalue weighted by atomic mass is 79.9. The third kappa shape index (κ3) is 3.22. The van der Waals surface area contributed by atoms with Crippen molar-refractivity contribution in [2.75, 3.05) is 0 Å². The maximum absolute atomic E-state index is 5.20. The van der Waals surface area contributed by atoms with Crippen LogP contribution in [0.4, 0.5) is 0 Å². The summed E-state index contributed by atoms with van der Waals surface area (Å²) in [6.07, 6.45) is 0. The third-order valence-corrected chi connectivity index (χ3v) is 5.26. The van der Waals surface area contributed by atoms with Crippen LogP contribution < -0.4 is 0 Å². The van der Waals surface area contributed by atoms with E-state index >= 15 is 0 Å². The Morgan fingerprint density at radius 2 is 2.06 bits per heavy atom. The molecule has 0 atom stereocenters. The molecule has 0 spiro atoms. The highest BCUT2D eigenvalue weighted by Crippen LogP contribution is 2.25. The van der Waals surface area contributed by atoms with Crippen molar-refractivity contribution in [3.63, 3.8) is 0 Å². The van der Waals surface area contributed by atoms with E-state index in [1.165, 1.54) is 10.5 Å². The topological polar surface area (TPSA) is 28.7 Å². The largest absolute Gasteiger partial charge is 0.346 e. The summed E-state index contributed by atoms with van der Waals surface area (Å²) in [5, 5.41) is 0. The monoisotopic (exact) mass is 340 g/mol. The molecule has 0 bridgehead atoms. The molecule has 18 heavy (non-hydrogen) atoms. The molecule has 0 aliphatic carbocycles. The van der Waals surface area contributed by atoms with Crippen LogP contribution in [0.5, 0.6) is 0 Å². The van der Waals surface area contributed by atoms with Gasteiger partial charge in [0.15, 0.2) is 0 Å². The maximum atomic E-state index is 5.20. The fraction of sp³-hybridized carbons (Fsp3) is 0.231. The van der Waals surface area contributed by atoms with Gasteiger partial charge in [-0.2, -0.15) is 0 Å². The van der Waals surface area contributed by atoms with Gasteiger partial charge in [0.2, 0.25) is 0 Å². The van der Waals surface area contributed by atoms with Crippen LogP contribution in [0.25, 0.3) is 0 Å². The van der Waals surface area contributed by atoms with Crippen molar-refractivity contribution in [3.05, 3.63) is 50.5 Å². The average molecular weight is 341 g/mol. The van der Waals surface area contributed by atoms with Crippen molar-refractivity contribution in [2.24, 2.45) is 0 Å². The zero-order valence-electron chi connectivity index (χ0n) is 10.2. The molecule has 0 radical (unpaired) electrons. The minimum Gasteiger partial charge on any atom is -0.346 e. The Labute approximate surface area is 124 Å². The van der Waals surface area contributed by atoms with Gasteiger partial charge >= 0.3 is 0 Å². The first kappa shape index (κ1) is 13.8. The first-order valence-corrected chi connectivity index (χ1v) is 7.70. The van der Waals surface area contributed by atoms with Crippen molar-refractivity contribution in [3.8, 4) is 0 Å². The van der Waals surface area contributed by atoms with E-state index in [1.807, 2.05) is 6.92 Å². The highest BCUT2D eigenvalue weighted by Gasteiger charge is 2.04. The van der Waals surface area contributed by atoms with Crippen molar-refractivity contribution < 1.29 is 0 Å². The number of hydrogen-bond acceptors (Lipinski definition) is 3. The van der Waals surface area contributed by atoms with Crippen molar-refractivity contribution in [2.45, 2.75) is 24.5 Å². The van der Waals surface area contributed by atoms with E-state index in [0.717, 1.165) is 21.7 Å². The number of aryl methyl sites for hydroxylation is 2. The standard InChI is InChI=1S/C13H13BrN2S2/c1-8-5-3-4-6-10(8)18-7-11-15-9(2)12(14)13(17)16-11/h3-6H,7H2,1-2H3,(H,15,16,17). The minimum atomic E-state index is 0.617. The summed E-state index contributed by atoms with van der Waals surface area (Å²) in [6.45, 7) is 4.11. The maximum Gasteiger partial charge on any atom is 0.144 e. The van der Waals surface area contributed by atoms with E-state index in [9.17, 15) is 0 Å². The number of benzene rings is 1. The van der Waals surface area contributed by atoms with E-state index in [2.05, 4.69) is 57.1 Å². The van der Waals surface area contributed by atoms with Crippen molar-refractivity contribution in [1.82, 2.24) is 9.97 Å². The average Bonchev–Trinajstić information content (AvgIpc) is 2.35. The Hall–Kier alpha value is -0.650. The molecule has 1 N–H and O–H groups in total. The molecule has 0 aliphatic rings. The van der Waals surface area contributed by atoms with E-state index < -0.39 is 0 Å². The molecule has 0 amide bonds. The number of nitrogens with one attached hydrogen (secondary N) is 1. The molecule has 0 fully saturated rings. The van der Waals surface area contributed by atoms with Gasteiger partial charge in [-0.25, -0.2) is 4.98 Å². The number of hydrogen-bond donors (Lipinski definition) is 1. The van der Waals surface area contributed by atoms with Gasteiger partial charge in [0.1, 0.15) is 10.5 Å². The van der Waals surface area contributed by atoms with Crippen LogP contribution >= 0.6 is 39.9 Å². The van der Waals surface area contributed by atoms with Gasteiger partial charge in [-0.1, -0.05) is 30.4 Å². The van der Waals surface area contributed by atoms with Gasteiger partial charge in [0.25, 0.3) is 0 Å². The summed E-state index contributed by atoms with van der Waals surface area (Å²) in [4.78, 5) is 8.91. The first-order valence-electron chi connectivity index (χ1n) is 5.51. The second-order valence-corrected chi connectivity index (χ2v) is 6.18. The fourth-order valence-corrected chi connectivity index (χ4v) is 2.91. The predicted octanol–water partition coefficient (Wildman–Crippen LogP) is 4.81. The molecule has 2 rings (SSSR count). The van der Waals surface area contributed by atoms with Gasteiger partial charge in [0.05, 0.1) is 10.2 Å². The number of rotatable bonds is 3. The Bertz CT molecular complexity index is 623. The molecule has 1 aromatic heterocycles. The molecule has 94 valence electrons. The molecular weight excluding hydrogens is 328 g/mol. The van der Waals surface area contributed by atoms with Crippen molar-refractivity contribution >= 4 is 39.9 Å². The summed E-state index contributed by atoms with van der Waals surface area (Å²) in [7, 11) is 0. The van der Waals surface area contributed by atoms with Crippen LogP contribution in [0.2, 0.25) is 0 Å². The molecule has 1 aromatic carbocycles.